The summed E-state index contributed by atoms with van der Waals surface area (Å²) in [5, 5.41) is 2.68. The highest BCUT2D eigenvalue weighted by molar-refractivity contribution is 7.88. The molecule has 0 spiro atoms. The van der Waals surface area contributed by atoms with Gasteiger partial charge in [-0.25, -0.2) is 13.2 Å². The number of amides is 4. The lowest BCUT2D eigenvalue weighted by Gasteiger charge is -2.33. The number of sulfonamides is 1. The molecule has 1 aromatic rings. The van der Waals surface area contributed by atoms with Crippen LogP contribution in [0.2, 0.25) is 0 Å². The summed E-state index contributed by atoms with van der Waals surface area (Å²) in [4.78, 5) is 40.3. The minimum atomic E-state index is -3.30. The van der Waals surface area contributed by atoms with E-state index in [-0.39, 0.29) is 38.6 Å². The third-order valence-corrected chi connectivity index (χ3v) is 6.56. The maximum atomic E-state index is 12.9. The first kappa shape index (κ1) is 20.3. The van der Waals surface area contributed by atoms with Crippen molar-refractivity contribution in [1.82, 2.24) is 19.4 Å². The normalized spacial score (nSPS) is 23.8. The molecule has 0 aliphatic carbocycles. The molecule has 0 bridgehead atoms. The Kier molecular flexibility index (Phi) is 5.20. The summed E-state index contributed by atoms with van der Waals surface area (Å²) in [6, 6.07) is 6.66. The number of aryl methyl sites for hydroxylation is 1. The van der Waals surface area contributed by atoms with Gasteiger partial charge in [-0.05, 0) is 19.4 Å². The fraction of sp³-hybridized carbons (Fsp3) is 0.500. The first-order chi connectivity index (χ1) is 13.0. The van der Waals surface area contributed by atoms with Crippen molar-refractivity contribution in [1.29, 1.82) is 0 Å². The average molecular weight is 408 g/mol. The molecule has 2 aliphatic heterocycles. The van der Waals surface area contributed by atoms with Crippen LogP contribution in [-0.2, 0) is 25.2 Å². The van der Waals surface area contributed by atoms with E-state index in [1.165, 1.54) is 9.21 Å². The highest BCUT2D eigenvalue weighted by atomic mass is 32.2. The molecule has 2 heterocycles. The van der Waals surface area contributed by atoms with E-state index in [2.05, 4.69) is 5.32 Å². The van der Waals surface area contributed by atoms with Crippen LogP contribution in [0.25, 0.3) is 0 Å². The van der Waals surface area contributed by atoms with E-state index in [9.17, 15) is 22.8 Å². The van der Waals surface area contributed by atoms with Crippen LogP contribution in [0.3, 0.4) is 0 Å². The molecule has 152 valence electrons. The van der Waals surface area contributed by atoms with Crippen LogP contribution in [0.15, 0.2) is 24.3 Å². The van der Waals surface area contributed by atoms with Crippen LogP contribution >= 0.6 is 0 Å². The van der Waals surface area contributed by atoms with Crippen molar-refractivity contribution >= 4 is 27.9 Å². The second-order valence-electron chi connectivity index (χ2n) is 7.36. The van der Waals surface area contributed by atoms with E-state index in [0.29, 0.717) is 5.56 Å². The Morgan fingerprint density at radius 1 is 1.11 bits per heavy atom. The number of hydrogen-bond donors (Lipinski definition) is 1. The van der Waals surface area contributed by atoms with Crippen LogP contribution < -0.4 is 5.32 Å². The first-order valence-electron chi connectivity index (χ1n) is 8.96. The van der Waals surface area contributed by atoms with Crippen molar-refractivity contribution in [2.24, 2.45) is 0 Å². The molecule has 1 N–H and O–H groups in total. The second-order valence-corrected chi connectivity index (χ2v) is 9.34. The molecular formula is C18H24N4O5S. The van der Waals surface area contributed by atoms with Gasteiger partial charge in [-0.1, -0.05) is 29.8 Å². The summed E-state index contributed by atoms with van der Waals surface area (Å²) in [5.74, 6) is -0.866. The largest absolute Gasteiger partial charge is 0.338 e. The zero-order valence-electron chi connectivity index (χ0n) is 16.1. The lowest BCUT2D eigenvalue weighted by molar-refractivity contribution is -0.139. The van der Waals surface area contributed by atoms with Gasteiger partial charge in [0.05, 0.1) is 6.26 Å². The van der Waals surface area contributed by atoms with E-state index in [4.69, 9.17) is 0 Å². The summed E-state index contributed by atoms with van der Waals surface area (Å²) in [6.07, 6.45) is 1.13. The highest BCUT2D eigenvalue weighted by Gasteiger charge is 2.49. The molecule has 10 heteroatoms. The number of piperazine rings is 1. The molecule has 4 amide bonds. The third kappa shape index (κ3) is 3.74. The molecule has 9 nitrogen and oxygen atoms in total. The second kappa shape index (κ2) is 7.17. The lowest BCUT2D eigenvalue weighted by Crippen LogP contribution is -2.53. The number of hydrogen-bond acceptors (Lipinski definition) is 5. The predicted octanol–water partition coefficient (Wildman–Crippen LogP) is -0.134. The minimum absolute atomic E-state index is 0.200. The van der Waals surface area contributed by atoms with E-state index in [0.717, 1.165) is 16.7 Å². The molecule has 2 aliphatic rings. The zero-order chi connectivity index (χ0) is 20.7. The summed E-state index contributed by atoms with van der Waals surface area (Å²) in [6.45, 7) is 4.03. The molecule has 2 fully saturated rings. The van der Waals surface area contributed by atoms with Gasteiger partial charge in [-0.2, -0.15) is 4.31 Å². The topological polar surface area (TPSA) is 107 Å². The molecule has 1 aromatic carbocycles. The van der Waals surface area contributed by atoms with Gasteiger partial charge in [0.25, 0.3) is 5.91 Å². The Morgan fingerprint density at radius 2 is 1.68 bits per heavy atom. The Bertz CT molecular complexity index is 906. The van der Waals surface area contributed by atoms with Gasteiger partial charge in [-0.15, -0.1) is 0 Å². The van der Waals surface area contributed by atoms with Crippen molar-refractivity contribution < 1.29 is 22.8 Å². The van der Waals surface area contributed by atoms with E-state index in [1.54, 1.807) is 19.1 Å². The SMILES string of the molecule is Cc1ccc([C@@]2(C)NC(=O)N(CC(=O)N3CCN(S(C)(=O)=O)CC3)C2=O)cc1. The maximum Gasteiger partial charge on any atom is 0.325 e. The van der Waals surface area contributed by atoms with Gasteiger partial charge < -0.3 is 10.2 Å². The molecule has 28 heavy (non-hydrogen) atoms. The molecule has 0 unspecified atom stereocenters. The van der Waals surface area contributed by atoms with Gasteiger partial charge in [-0.3, -0.25) is 14.5 Å². The van der Waals surface area contributed by atoms with Crippen molar-refractivity contribution in [2.45, 2.75) is 19.4 Å². The molecule has 0 aromatic heterocycles. The van der Waals surface area contributed by atoms with Crippen LogP contribution in [-0.4, -0.2) is 79.3 Å². The number of rotatable bonds is 4. The molecule has 0 saturated carbocycles. The van der Waals surface area contributed by atoms with E-state index >= 15 is 0 Å². The molecule has 2 saturated heterocycles. The van der Waals surface area contributed by atoms with Gasteiger partial charge in [0.2, 0.25) is 15.9 Å². The first-order valence-corrected chi connectivity index (χ1v) is 10.8. The molecule has 1 atom stereocenters. The van der Waals surface area contributed by atoms with Gasteiger partial charge in [0.1, 0.15) is 12.1 Å². The van der Waals surface area contributed by atoms with E-state index in [1.807, 2.05) is 19.1 Å². The summed E-state index contributed by atoms with van der Waals surface area (Å²) >= 11 is 0. The summed E-state index contributed by atoms with van der Waals surface area (Å²) in [5.41, 5.74) is 0.456. The van der Waals surface area contributed by atoms with Gasteiger partial charge in [0.15, 0.2) is 0 Å². The summed E-state index contributed by atoms with van der Waals surface area (Å²) in [7, 11) is -3.30. The number of benzene rings is 1. The number of carbonyl (C=O) groups is 3. The van der Waals surface area contributed by atoms with Crippen molar-refractivity contribution in [2.75, 3.05) is 39.0 Å². The van der Waals surface area contributed by atoms with Crippen LogP contribution in [0.1, 0.15) is 18.1 Å². The number of nitrogens with zero attached hydrogens (tertiary/aromatic N) is 3. The summed E-state index contributed by atoms with van der Waals surface area (Å²) < 4.78 is 24.4. The van der Waals surface area contributed by atoms with Crippen molar-refractivity contribution in [3.63, 3.8) is 0 Å². The highest BCUT2D eigenvalue weighted by Crippen LogP contribution is 2.29. The number of nitrogens with one attached hydrogen (secondary N) is 1. The Morgan fingerprint density at radius 3 is 2.21 bits per heavy atom. The van der Waals surface area contributed by atoms with Crippen molar-refractivity contribution in [3.8, 4) is 0 Å². The van der Waals surface area contributed by atoms with Gasteiger partial charge >= 0.3 is 6.03 Å². The Hall–Kier alpha value is -2.46. The van der Waals surface area contributed by atoms with E-state index < -0.39 is 27.5 Å². The quantitative estimate of drug-likeness (QED) is 0.698. The minimum Gasteiger partial charge on any atom is -0.338 e. The van der Waals surface area contributed by atoms with Crippen molar-refractivity contribution in [3.05, 3.63) is 35.4 Å². The average Bonchev–Trinajstić information content (AvgIpc) is 2.85. The lowest BCUT2D eigenvalue weighted by atomic mass is 9.91. The maximum absolute atomic E-state index is 12.9. The van der Waals surface area contributed by atoms with Crippen LogP contribution in [0.4, 0.5) is 4.79 Å². The van der Waals surface area contributed by atoms with Crippen LogP contribution in [0.5, 0.6) is 0 Å². The molecule has 0 radical (unpaired) electrons. The Balaban J connectivity index is 1.68. The number of imide groups is 1. The zero-order valence-corrected chi connectivity index (χ0v) is 17.0. The third-order valence-electron chi connectivity index (χ3n) is 5.26. The number of carbonyl (C=O) groups excluding carboxylic acids is 3. The smallest absolute Gasteiger partial charge is 0.325 e. The monoisotopic (exact) mass is 408 g/mol. The Labute approximate surface area is 164 Å². The fourth-order valence-corrected chi connectivity index (χ4v) is 4.25. The van der Waals surface area contributed by atoms with Crippen LogP contribution in [0, 0.1) is 6.92 Å². The number of urea groups is 1. The standard InChI is InChI=1S/C18H24N4O5S/c1-13-4-6-14(7-5-13)18(2)16(24)22(17(25)19-18)12-15(23)20-8-10-21(11-9-20)28(3,26)27/h4-7H,8-12H2,1-3H3,(H,19,25)/t18-/m1/s1. The predicted molar refractivity (Wildman–Crippen MR) is 102 cm³/mol. The van der Waals surface area contributed by atoms with Gasteiger partial charge in [0, 0.05) is 26.2 Å². The molecular weight excluding hydrogens is 384 g/mol. The molecule has 3 rings (SSSR count). The fourth-order valence-electron chi connectivity index (χ4n) is 3.43.